The van der Waals surface area contributed by atoms with E-state index in [4.69, 9.17) is 0 Å². The molecule has 2 aromatic carbocycles. The fourth-order valence-corrected chi connectivity index (χ4v) is 2.43. The second-order valence-corrected chi connectivity index (χ2v) is 5.21. The lowest BCUT2D eigenvalue weighted by Crippen LogP contribution is -1.97. The molecule has 0 aliphatic heterocycles. The SMILES string of the molecule is Cc1ccc(C(Br)c2cc(C)ccc2F)cc1. The lowest BCUT2D eigenvalue weighted by atomic mass is 10.0. The lowest BCUT2D eigenvalue weighted by molar-refractivity contribution is 0.613. The van der Waals surface area contributed by atoms with Crippen LogP contribution in [0.4, 0.5) is 4.39 Å². The van der Waals surface area contributed by atoms with E-state index in [9.17, 15) is 4.39 Å². The van der Waals surface area contributed by atoms with Crippen molar-refractivity contribution in [2.24, 2.45) is 0 Å². The van der Waals surface area contributed by atoms with E-state index in [-0.39, 0.29) is 10.6 Å². The van der Waals surface area contributed by atoms with Gasteiger partial charge in [0.2, 0.25) is 0 Å². The molecule has 0 saturated carbocycles. The molecule has 2 rings (SSSR count). The Morgan fingerprint density at radius 1 is 0.941 bits per heavy atom. The van der Waals surface area contributed by atoms with Gasteiger partial charge in [-0.1, -0.05) is 63.5 Å². The van der Waals surface area contributed by atoms with Gasteiger partial charge >= 0.3 is 0 Å². The first kappa shape index (κ1) is 12.3. The van der Waals surface area contributed by atoms with E-state index in [1.165, 1.54) is 11.6 Å². The first-order chi connectivity index (χ1) is 8.08. The average molecular weight is 293 g/mol. The number of benzene rings is 2. The number of hydrogen-bond donors (Lipinski definition) is 0. The van der Waals surface area contributed by atoms with Crippen molar-refractivity contribution < 1.29 is 4.39 Å². The maximum absolute atomic E-state index is 13.8. The molecule has 1 atom stereocenters. The summed E-state index contributed by atoms with van der Waals surface area (Å²) in [6, 6.07) is 13.3. The quantitative estimate of drug-likeness (QED) is 0.689. The summed E-state index contributed by atoms with van der Waals surface area (Å²) in [6.07, 6.45) is 0. The molecule has 0 spiro atoms. The first-order valence-electron chi connectivity index (χ1n) is 5.54. The number of halogens is 2. The summed E-state index contributed by atoms with van der Waals surface area (Å²) in [5, 5.41) is 0. The Kier molecular flexibility index (Phi) is 3.63. The van der Waals surface area contributed by atoms with Crippen molar-refractivity contribution in [3.05, 3.63) is 70.5 Å². The van der Waals surface area contributed by atoms with Crippen molar-refractivity contribution in [2.45, 2.75) is 18.7 Å². The van der Waals surface area contributed by atoms with Gasteiger partial charge in [-0.15, -0.1) is 0 Å². The molecular weight excluding hydrogens is 279 g/mol. The maximum Gasteiger partial charge on any atom is 0.127 e. The predicted molar refractivity (Wildman–Crippen MR) is 73.1 cm³/mol. The van der Waals surface area contributed by atoms with Gasteiger partial charge in [-0.05, 0) is 25.5 Å². The van der Waals surface area contributed by atoms with E-state index in [2.05, 4.69) is 15.9 Å². The number of rotatable bonds is 2. The molecule has 0 fully saturated rings. The normalized spacial score (nSPS) is 12.5. The van der Waals surface area contributed by atoms with E-state index in [0.717, 1.165) is 11.1 Å². The molecule has 0 N–H and O–H groups in total. The molecular formula is C15H14BrF. The Morgan fingerprint density at radius 2 is 1.53 bits per heavy atom. The largest absolute Gasteiger partial charge is 0.207 e. The van der Waals surface area contributed by atoms with Crippen LogP contribution in [0.2, 0.25) is 0 Å². The minimum absolute atomic E-state index is 0.0944. The topological polar surface area (TPSA) is 0 Å². The van der Waals surface area contributed by atoms with Crippen LogP contribution >= 0.6 is 15.9 Å². The highest BCUT2D eigenvalue weighted by atomic mass is 79.9. The second-order valence-electron chi connectivity index (χ2n) is 4.30. The highest BCUT2D eigenvalue weighted by Gasteiger charge is 2.14. The highest BCUT2D eigenvalue weighted by molar-refractivity contribution is 9.09. The van der Waals surface area contributed by atoms with Gasteiger partial charge in [-0.25, -0.2) is 4.39 Å². The molecule has 0 nitrogen and oxygen atoms in total. The van der Waals surface area contributed by atoms with Gasteiger partial charge in [-0.2, -0.15) is 0 Å². The van der Waals surface area contributed by atoms with Gasteiger partial charge in [0, 0.05) is 5.56 Å². The summed E-state index contributed by atoms with van der Waals surface area (Å²) in [7, 11) is 0. The zero-order valence-corrected chi connectivity index (χ0v) is 11.5. The summed E-state index contributed by atoms with van der Waals surface area (Å²) < 4.78 is 13.8. The Hall–Kier alpha value is -1.15. The van der Waals surface area contributed by atoms with Crippen molar-refractivity contribution in [1.82, 2.24) is 0 Å². The van der Waals surface area contributed by atoms with Gasteiger partial charge in [0.15, 0.2) is 0 Å². The van der Waals surface area contributed by atoms with Gasteiger partial charge in [0.1, 0.15) is 5.82 Å². The van der Waals surface area contributed by atoms with Crippen LogP contribution in [0.1, 0.15) is 27.1 Å². The zero-order chi connectivity index (χ0) is 12.4. The van der Waals surface area contributed by atoms with Crippen LogP contribution in [-0.2, 0) is 0 Å². The van der Waals surface area contributed by atoms with Crippen LogP contribution < -0.4 is 0 Å². The first-order valence-corrected chi connectivity index (χ1v) is 6.46. The summed E-state index contributed by atoms with van der Waals surface area (Å²) >= 11 is 3.56. The minimum atomic E-state index is -0.168. The third-order valence-corrected chi connectivity index (χ3v) is 3.82. The second kappa shape index (κ2) is 5.01. The van der Waals surface area contributed by atoms with Gasteiger partial charge in [0.25, 0.3) is 0 Å². The summed E-state index contributed by atoms with van der Waals surface area (Å²) in [6.45, 7) is 4.01. The maximum atomic E-state index is 13.8. The summed E-state index contributed by atoms with van der Waals surface area (Å²) in [5.41, 5.74) is 4.03. The molecule has 0 saturated heterocycles. The van der Waals surface area contributed by atoms with Crippen LogP contribution in [-0.4, -0.2) is 0 Å². The molecule has 0 aliphatic carbocycles. The third-order valence-electron chi connectivity index (χ3n) is 2.79. The van der Waals surface area contributed by atoms with Crippen LogP contribution in [0, 0.1) is 19.7 Å². The fourth-order valence-electron chi connectivity index (χ4n) is 1.77. The van der Waals surface area contributed by atoms with Gasteiger partial charge in [0.05, 0.1) is 4.83 Å². The molecule has 0 amide bonds. The molecule has 0 heterocycles. The van der Waals surface area contributed by atoms with Crippen LogP contribution in [0.15, 0.2) is 42.5 Å². The Morgan fingerprint density at radius 3 is 2.18 bits per heavy atom. The zero-order valence-electron chi connectivity index (χ0n) is 9.87. The van der Waals surface area contributed by atoms with Crippen LogP contribution in [0.3, 0.4) is 0 Å². The van der Waals surface area contributed by atoms with E-state index in [1.807, 2.05) is 44.2 Å². The number of hydrogen-bond acceptors (Lipinski definition) is 0. The molecule has 88 valence electrons. The van der Waals surface area contributed by atoms with E-state index >= 15 is 0 Å². The number of aryl methyl sites for hydroxylation is 2. The van der Waals surface area contributed by atoms with Gasteiger partial charge in [-0.3, -0.25) is 0 Å². The van der Waals surface area contributed by atoms with Crippen molar-refractivity contribution >= 4 is 15.9 Å². The van der Waals surface area contributed by atoms with Crippen molar-refractivity contribution in [3.8, 4) is 0 Å². The smallest absolute Gasteiger partial charge is 0.127 e. The number of alkyl halides is 1. The molecule has 2 aromatic rings. The third kappa shape index (κ3) is 2.75. The van der Waals surface area contributed by atoms with Gasteiger partial charge < -0.3 is 0 Å². The molecule has 1 unspecified atom stereocenters. The monoisotopic (exact) mass is 292 g/mol. The summed E-state index contributed by atoms with van der Waals surface area (Å²) in [4.78, 5) is -0.0944. The molecule has 0 aliphatic rings. The Labute approximate surface area is 110 Å². The lowest BCUT2D eigenvalue weighted by Gasteiger charge is -2.12. The van der Waals surface area contributed by atoms with E-state index < -0.39 is 0 Å². The minimum Gasteiger partial charge on any atom is -0.207 e. The Balaban J connectivity index is 2.39. The highest BCUT2D eigenvalue weighted by Crippen LogP contribution is 2.32. The van der Waals surface area contributed by atoms with Crippen molar-refractivity contribution in [2.75, 3.05) is 0 Å². The molecule has 0 radical (unpaired) electrons. The fraction of sp³-hybridized carbons (Fsp3) is 0.200. The van der Waals surface area contributed by atoms with Crippen molar-refractivity contribution in [3.63, 3.8) is 0 Å². The predicted octanol–water partition coefficient (Wildman–Crippen LogP) is 4.93. The standard InChI is InChI=1S/C15H14BrF/c1-10-3-6-12(7-4-10)15(16)13-9-11(2)5-8-14(13)17/h3-9,15H,1-2H3. The molecule has 2 heteroatoms. The molecule has 0 bridgehead atoms. The summed E-state index contributed by atoms with van der Waals surface area (Å²) in [5.74, 6) is -0.168. The molecule has 0 aromatic heterocycles. The Bertz CT molecular complexity index is 517. The van der Waals surface area contributed by atoms with Crippen LogP contribution in [0.5, 0.6) is 0 Å². The average Bonchev–Trinajstić information content (AvgIpc) is 2.32. The van der Waals surface area contributed by atoms with Crippen molar-refractivity contribution in [1.29, 1.82) is 0 Å². The molecule has 17 heavy (non-hydrogen) atoms. The van der Waals surface area contributed by atoms with E-state index in [0.29, 0.717) is 5.56 Å². The van der Waals surface area contributed by atoms with Crippen LogP contribution in [0.25, 0.3) is 0 Å². The van der Waals surface area contributed by atoms with E-state index in [1.54, 1.807) is 6.07 Å².